The number of hydrogen-bond donors (Lipinski definition) is 1. The van der Waals surface area contributed by atoms with Crippen molar-refractivity contribution in [3.8, 4) is 0 Å². The topological polar surface area (TPSA) is 53.7 Å². The fraction of sp³-hybridized carbons (Fsp3) is 1.00. The summed E-state index contributed by atoms with van der Waals surface area (Å²) in [6, 6.07) is 0.375. The van der Waals surface area contributed by atoms with E-state index in [4.69, 9.17) is 19.9 Å². The molecule has 0 amide bonds. The fourth-order valence-corrected chi connectivity index (χ4v) is 5.11. The van der Waals surface area contributed by atoms with Crippen LogP contribution >= 0.6 is 0 Å². The van der Waals surface area contributed by atoms with E-state index in [1.807, 2.05) is 6.92 Å². The van der Waals surface area contributed by atoms with Crippen LogP contribution in [-0.2, 0) is 14.2 Å². The Labute approximate surface area is 108 Å². The van der Waals surface area contributed by atoms with Crippen molar-refractivity contribution in [2.45, 2.75) is 63.8 Å². The molecule has 2 unspecified atom stereocenters. The second-order valence-corrected chi connectivity index (χ2v) is 6.53. The Kier molecular flexibility index (Phi) is 2.54. The van der Waals surface area contributed by atoms with Crippen LogP contribution in [-0.4, -0.2) is 31.3 Å². The van der Waals surface area contributed by atoms with Crippen LogP contribution in [0.1, 0.15) is 39.0 Å². The largest absolute Gasteiger partial charge is 0.330 e. The van der Waals surface area contributed by atoms with Gasteiger partial charge in [0.25, 0.3) is 6.48 Å². The highest BCUT2D eigenvalue weighted by Crippen LogP contribution is 2.63. The van der Waals surface area contributed by atoms with Crippen molar-refractivity contribution in [1.29, 1.82) is 0 Å². The van der Waals surface area contributed by atoms with Crippen molar-refractivity contribution >= 4 is 0 Å². The summed E-state index contributed by atoms with van der Waals surface area (Å²) in [6.45, 7) is 2.17. The molecule has 0 aromatic heterocycles. The Hall–Kier alpha value is -0.160. The Morgan fingerprint density at radius 2 is 1.94 bits per heavy atom. The lowest BCUT2D eigenvalue weighted by atomic mass is 9.69. The predicted molar refractivity (Wildman–Crippen MR) is 65.6 cm³/mol. The number of ether oxygens (including phenoxy) is 3. The number of rotatable bonds is 2. The first-order valence-electron chi connectivity index (χ1n) is 7.41. The second kappa shape index (κ2) is 3.92. The fourth-order valence-electron chi connectivity index (χ4n) is 5.11. The van der Waals surface area contributed by atoms with Crippen molar-refractivity contribution in [1.82, 2.24) is 0 Å². The minimum atomic E-state index is -0.433. The molecule has 0 aromatic carbocycles. The summed E-state index contributed by atoms with van der Waals surface area (Å²) in [5.41, 5.74) is 6.83. The molecule has 1 saturated heterocycles. The van der Waals surface area contributed by atoms with Gasteiger partial charge in [0.15, 0.2) is 0 Å². The normalized spacial score (nSPS) is 49.3. The Bertz CT molecular complexity index is 330. The highest BCUT2D eigenvalue weighted by atomic mass is 16.9. The molecule has 1 heterocycles. The van der Waals surface area contributed by atoms with Crippen molar-refractivity contribution in [3.63, 3.8) is 0 Å². The maximum atomic E-state index is 6.51. The predicted octanol–water partition coefficient (Wildman–Crippen LogP) is 1.63. The second-order valence-electron chi connectivity index (χ2n) is 6.53. The van der Waals surface area contributed by atoms with Gasteiger partial charge in [0.1, 0.15) is 0 Å². The summed E-state index contributed by atoms with van der Waals surface area (Å²) < 4.78 is 17.1. The van der Waals surface area contributed by atoms with E-state index in [9.17, 15) is 0 Å². The highest BCUT2D eigenvalue weighted by molar-refractivity contribution is 5.14. The van der Waals surface area contributed by atoms with E-state index in [0.29, 0.717) is 18.1 Å². The van der Waals surface area contributed by atoms with Crippen LogP contribution in [0.3, 0.4) is 0 Å². The molecule has 4 nitrogen and oxygen atoms in total. The number of nitrogens with two attached hydrogens (primary N) is 1. The standard InChI is InChI=1S/C14H23NO3/c1-2-16-13-17-10-6-14(7-11(10)18-13)9-4-3-8(5-9)12(14)15/h8-13H,2-7,15H2,1H3/t8?,9?,10-,11-,12-,13?,14?/m1/s1. The first-order chi connectivity index (χ1) is 8.73. The van der Waals surface area contributed by atoms with Gasteiger partial charge in [0.05, 0.1) is 12.2 Å². The van der Waals surface area contributed by atoms with Crippen LogP contribution in [0.5, 0.6) is 0 Å². The molecule has 3 saturated carbocycles. The molecule has 3 aliphatic carbocycles. The number of fused-ring (bicyclic) bond motifs is 4. The third kappa shape index (κ3) is 1.40. The highest BCUT2D eigenvalue weighted by Gasteiger charge is 2.63. The molecule has 18 heavy (non-hydrogen) atoms. The monoisotopic (exact) mass is 253 g/mol. The van der Waals surface area contributed by atoms with E-state index in [2.05, 4.69) is 0 Å². The molecule has 4 aliphatic rings. The van der Waals surface area contributed by atoms with Crippen LogP contribution in [0.25, 0.3) is 0 Å². The molecule has 0 aromatic rings. The van der Waals surface area contributed by atoms with Crippen LogP contribution < -0.4 is 5.73 Å². The quantitative estimate of drug-likeness (QED) is 0.812. The van der Waals surface area contributed by atoms with E-state index in [0.717, 1.165) is 24.7 Å². The smallest absolute Gasteiger partial charge is 0.272 e. The van der Waals surface area contributed by atoms with Crippen molar-refractivity contribution in [2.24, 2.45) is 23.0 Å². The van der Waals surface area contributed by atoms with Gasteiger partial charge in [0.2, 0.25) is 0 Å². The molecule has 0 radical (unpaired) electrons. The van der Waals surface area contributed by atoms with Crippen LogP contribution in [0.4, 0.5) is 0 Å². The zero-order valence-corrected chi connectivity index (χ0v) is 11.0. The number of hydrogen-bond acceptors (Lipinski definition) is 4. The Morgan fingerprint density at radius 1 is 1.22 bits per heavy atom. The molecule has 4 fully saturated rings. The van der Waals surface area contributed by atoms with Gasteiger partial charge in [-0.25, -0.2) is 0 Å². The molecule has 1 aliphatic heterocycles. The van der Waals surface area contributed by atoms with E-state index in [1.165, 1.54) is 19.3 Å². The molecule has 2 N–H and O–H groups in total. The molecular weight excluding hydrogens is 230 g/mol. The molecule has 1 spiro atoms. The first kappa shape index (κ1) is 11.6. The lowest BCUT2D eigenvalue weighted by Gasteiger charge is -2.40. The van der Waals surface area contributed by atoms with Gasteiger partial charge >= 0.3 is 0 Å². The van der Waals surface area contributed by atoms with Gasteiger partial charge in [-0.3, -0.25) is 0 Å². The molecule has 2 bridgehead atoms. The van der Waals surface area contributed by atoms with Crippen LogP contribution in [0, 0.1) is 17.3 Å². The average Bonchev–Trinajstić information content (AvgIpc) is 3.02. The summed E-state index contributed by atoms with van der Waals surface area (Å²) in [7, 11) is 0. The minimum Gasteiger partial charge on any atom is -0.330 e. The van der Waals surface area contributed by atoms with Gasteiger partial charge in [-0.1, -0.05) is 0 Å². The third-order valence-electron chi connectivity index (χ3n) is 5.91. The summed E-state index contributed by atoms with van der Waals surface area (Å²) in [5, 5.41) is 0. The average molecular weight is 253 g/mol. The summed E-state index contributed by atoms with van der Waals surface area (Å²) in [6.07, 6.45) is 6.65. The van der Waals surface area contributed by atoms with Crippen molar-refractivity contribution in [2.75, 3.05) is 6.61 Å². The lowest BCUT2D eigenvalue weighted by molar-refractivity contribution is -0.247. The van der Waals surface area contributed by atoms with Gasteiger partial charge in [0, 0.05) is 12.6 Å². The zero-order valence-electron chi connectivity index (χ0n) is 11.0. The van der Waals surface area contributed by atoms with E-state index < -0.39 is 6.48 Å². The maximum Gasteiger partial charge on any atom is 0.272 e. The van der Waals surface area contributed by atoms with Gasteiger partial charge in [-0.15, -0.1) is 0 Å². The van der Waals surface area contributed by atoms with E-state index in [1.54, 1.807) is 0 Å². The molecule has 4 heteroatoms. The third-order valence-corrected chi connectivity index (χ3v) is 5.91. The summed E-state index contributed by atoms with van der Waals surface area (Å²) >= 11 is 0. The molecular formula is C14H23NO3. The summed E-state index contributed by atoms with van der Waals surface area (Å²) in [5.74, 6) is 1.58. The zero-order chi connectivity index (χ0) is 12.3. The first-order valence-corrected chi connectivity index (χ1v) is 7.41. The van der Waals surface area contributed by atoms with E-state index in [-0.39, 0.29) is 12.2 Å². The van der Waals surface area contributed by atoms with Crippen molar-refractivity contribution < 1.29 is 14.2 Å². The molecule has 102 valence electrons. The Balaban J connectivity index is 1.50. The lowest BCUT2D eigenvalue weighted by Crippen LogP contribution is -2.45. The minimum absolute atomic E-state index is 0.215. The van der Waals surface area contributed by atoms with Gasteiger partial charge in [-0.2, -0.15) is 0 Å². The van der Waals surface area contributed by atoms with Gasteiger partial charge in [-0.05, 0) is 56.3 Å². The Morgan fingerprint density at radius 3 is 2.50 bits per heavy atom. The summed E-state index contributed by atoms with van der Waals surface area (Å²) in [4.78, 5) is 0. The van der Waals surface area contributed by atoms with Crippen LogP contribution in [0.15, 0.2) is 0 Å². The SMILES string of the molecule is CCOC1O[C@@H]2CC3(C[C@H]2O1)C1CCC(C1)[C@H]3N. The molecule has 4 rings (SSSR count). The van der Waals surface area contributed by atoms with Crippen LogP contribution in [0.2, 0.25) is 0 Å². The van der Waals surface area contributed by atoms with Gasteiger partial charge < -0.3 is 19.9 Å². The maximum absolute atomic E-state index is 6.51. The van der Waals surface area contributed by atoms with Crippen molar-refractivity contribution in [3.05, 3.63) is 0 Å². The molecule has 5 atom stereocenters. The van der Waals surface area contributed by atoms with E-state index >= 15 is 0 Å².